The topological polar surface area (TPSA) is 130 Å². The Hall–Kier alpha value is -4.49. The van der Waals surface area contributed by atoms with Crippen LogP contribution in [0.2, 0.25) is 0 Å². The minimum atomic E-state index is -0.686. The molecule has 1 aromatic carbocycles. The van der Waals surface area contributed by atoms with E-state index in [1.165, 1.54) is 31.6 Å². The van der Waals surface area contributed by atoms with Gasteiger partial charge in [-0.2, -0.15) is 0 Å². The lowest BCUT2D eigenvalue weighted by Gasteiger charge is -2.56. The minimum absolute atomic E-state index is 0.0237. The summed E-state index contributed by atoms with van der Waals surface area (Å²) in [5.74, 6) is 0.0499. The number of piperidine rings is 3. The Balaban J connectivity index is 1.14. The summed E-state index contributed by atoms with van der Waals surface area (Å²) < 4.78 is 26.5. The van der Waals surface area contributed by atoms with Crippen LogP contribution in [0, 0.1) is 17.2 Å². The maximum atomic E-state index is 14.5. The van der Waals surface area contributed by atoms with Crippen LogP contribution in [0.5, 0.6) is 11.5 Å². The smallest absolute Gasteiger partial charge is 0.411 e. The number of rotatable bonds is 8. The highest BCUT2D eigenvalue weighted by Gasteiger charge is 2.54. The summed E-state index contributed by atoms with van der Waals surface area (Å²) in [7, 11) is 1.51. The van der Waals surface area contributed by atoms with Gasteiger partial charge in [-0.3, -0.25) is 14.5 Å². The quantitative estimate of drug-likeness (QED) is 0.307. The number of anilines is 1. The Labute approximate surface area is 305 Å². The van der Waals surface area contributed by atoms with Gasteiger partial charge in [0.25, 0.3) is 5.91 Å². The molecule has 0 N–H and O–H groups in total. The van der Waals surface area contributed by atoms with Crippen LogP contribution in [-0.2, 0) is 14.4 Å². The van der Waals surface area contributed by atoms with Gasteiger partial charge in [0.05, 0.1) is 17.5 Å². The van der Waals surface area contributed by atoms with E-state index in [1.54, 1.807) is 16.0 Å². The summed E-state index contributed by atoms with van der Waals surface area (Å²) in [5.41, 5.74) is 0.252. The van der Waals surface area contributed by atoms with Crippen LogP contribution in [0.25, 0.3) is 0 Å². The summed E-state index contributed by atoms with van der Waals surface area (Å²) in [4.78, 5) is 62.6. The molecule has 2 aromatic rings. The first kappa shape index (κ1) is 37.3. The number of hydrogen-bond donors (Lipinski definition) is 0. The number of amides is 3. The molecule has 3 atom stereocenters. The molecule has 2 bridgehead atoms. The molecular formula is C38H52FN7O6. The van der Waals surface area contributed by atoms with Gasteiger partial charge in [-0.1, -0.05) is 5.16 Å². The maximum Gasteiger partial charge on any atom is 0.411 e. The van der Waals surface area contributed by atoms with Crippen LogP contribution >= 0.6 is 0 Å². The van der Waals surface area contributed by atoms with Gasteiger partial charge in [-0.05, 0) is 92.3 Å². The van der Waals surface area contributed by atoms with Crippen molar-refractivity contribution in [1.29, 1.82) is 0 Å². The zero-order valence-electron chi connectivity index (χ0n) is 31.6. The first-order chi connectivity index (χ1) is 24.6. The fourth-order valence-corrected chi connectivity index (χ4v) is 8.44. The number of oxime groups is 1. The molecule has 282 valence electrons. The van der Waals surface area contributed by atoms with Gasteiger partial charge in [0.2, 0.25) is 5.91 Å². The van der Waals surface area contributed by atoms with E-state index in [-0.39, 0.29) is 52.6 Å². The van der Waals surface area contributed by atoms with Gasteiger partial charge in [-0.15, -0.1) is 0 Å². The molecule has 3 amide bonds. The Morgan fingerprint density at radius 1 is 1.04 bits per heavy atom. The highest BCUT2D eigenvalue weighted by atomic mass is 19.1. The van der Waals surface area contributed by atoms with Crippen LogP contribution in [0.15, 0.2) is 35.9 Å². The highest BCUT2D eigenvalue weighted by molar-refractivity contribution is 5.99. The lowest BCUT2D eigenvalue weighted by molar-refractivity contribution is -0.144. The second-order valence-electron chi connectivity index (χ2n) is 16.2. The molecule has 52 heavy (non-hydrogen) atoms. The number of fused-ring (bicyclic) bond motifs is 3. The molecule has 14 heteroatoms. The number of carbonyl (C=O) groups excluding carboxylic acids is 3. The third kappa shape index (κ3) is 7.38. The van der Waals surface area contributed by atoms with Gasteiger partial charge in [0, 0.05) is 62.1 Å². The summed E-state index contributed by atoms with van der Waals surface area (Å²) in [6.45, 7) is 15.7. The highest BCUT2D eigenvalue weighted by Crippen LogP contribution is 2.46. The van der Waals surface area contributed by atoms with E-state index in [2.05, 4.69) is 20.0 Å². The fraction of sp³-hybridized carbons (Fsp3) is 0.632. The molecule has 1 aliphatic carbocycles. The van der Waals surface area contributed by atoms with E-state index < -0.39 is 23.6 Å². The van der Waals surface area contributed by atoms with Crippen LogP contribution in [0.3, 0.4) is 0 Å². The second-order valence-corrected chi connectivity index (χ2v) is 16.2. The second kappa shape index (κ2) is 14.5. The molecule has 4 aliphatic heterocycles. The van der Waals surface area contributed by atoms with Crippen molar-refractivity contribution in [3.05, 3.63) is 42.1 Å². The van der Waals surface area contributed by atoms with Crippen molar-refractivity contribution in [2.75, 3.05) is 38.2 Å². The van der Waals surface area contributed by atoms with E-state index in [9.17, 15) is 18.8 Å². The number of benzene rings is 1. The van der Waals surface area contributed by atoms with Crippen LogP contribution in [0.1, 0.15) is 90.9 Å². The number of ether oxygens (including phenoxy) is 2. The van der Waals surface area contributed by atoms with Crippen LogP contribution in [-0.4, -0.2) is 111 Å². The molecule has 1 saturated carbocycles. The molecule has 5 fully saturated rings. The van der Waals surface area contributed by atoms with E-state index >= 15 is 0 Å². The van der Waals surface area contributed by atoms with Crippen molar-refractivity contribution < 1.29 is 33.1 Å². The standard InChI is InChI=1S/C38H52FN7O6/c1-23(2)45(24(3)4)34(47)28-17-25(39)9-12-30(28)51-31-19-40-22-41-33(31)44-20-38(21-44)13-15-43(16-14-38)35(48)32-27-11-10-26(18-29(27)42-50-8)46(32)36(49)52-37(5,6)7/h9,12,17,19,22-24,26-27,32H,10-11,13-16,18,20-21H2,1-8H3/t26-,27+,32-/m0/s1. The summed E-state index contributed by atoms with van der Waals surface area (Å²) in [6, 6.07) is 2.91. The van der Waals surface area contributed by atoms with E-state index in [0.717, 1.165) is 31.4 Å². The van der Waals surface area contributed by atoms with Crippen molar-refractivity contribution in [2.24, 2.45) is 16.5 Å². The number of carbonyl (C=O) groups is 3. The average Bonchev–Trinajstić information content (AvgIpc) is 3.07. The summed E-state index contributed by atoms with van der Waals surface area (Å²) >= 11 is 0. The zero-order valence-corrected chi connectivity index (χ0v) is 31.6. The van der Waals surface area contributed by atoms with Crippen molar-refractivity contribution in [2.45, 2.75) is 110 Å². The Bertz CT molecular complexity index is 1690. The number of aromatic nitrogens is 2. The van der Waals surface area contributed by atoms with Gasteiger partial charge in [-0.25, -0.2) is 19.2 Å². The van der Waals surface area contributed by atoms with Gasteiger partial charge >= 0.3 is 6.09 Å². The van der Waals surface area contributed by atoms with Crippen molar-refractivity contribution in [1.82, 2.24) is 24.7 Å². The SMILES string of the molecule is CON=C1C[C@@H]2CC[C@H]1[C@@H](C(=O)N1CCC3(CC1)CN(c1ncncc1Oc1ccc(F)cc1C(=O)N(C(C)C)C(C)C)C3)N2C(=O)OC(C)(C)C. The number of hydrogen-bond acceptors (Lipinski definition) is 10. The number of nitrogens with zero attached hydrogens (tertiary/aromatic N) is 7. The van der Waals surface area contributed by atoms with Gasteiger partial charge in [0.1, 0.15) is 36.6 Å². The van der Waals surface area contributed by atoms with E-state index in [0.29, 0.717) is 44.2 Å². The lowest BCUT2D eigenvalue weighted by atomic mass is 9.70. The molecule has 0 unspecified atom stereocenters. The molecule has 5 aliphatic rings. The zero-order chi connectivity index (χ0) is 37.5. The summed E-state index contributed by atoms with van der Waals surface area (Å²) in [6.07, 6.45) is 6.26. The molecule has 5 heterocycles. The predicted molar refractivity (Wildman–Crippen MR) is 193 cm³/mol. The van der Waals surface area contributed by atoms with Crippen molar-refractivity contribution in [3.8, 4) is 11.5 Å². The number of likely N-dealkylation sites (tertiary alicyclic amines) is 1. The third-order valence-electron chi connectivity index (χ3n) is 10.7. The molecule has 0 radical (unpaired) electrons. The monoisotopic (exact) mass is 721 g/mol. The first-order valence-electron chi connectivity index (χ1n) is 18.4. The van der Waals surface area contributed by atoms with Crippen LogP contribution in [0.4, 0.5) is 15.0 Å². The first-order valence-corrected chi connectivity index (χ1v) is 18.4. The fourth-order valence-electron chi connectivity index (χ4n) is 8.44. The van der Waals surface area contributed by atoms with Gasteiger partial charge < -0.3 is 29.0 Å². The van der Waals surface area contributed by atoms with E-state index in [4.69, 9.17) is 14.3 Å². The largest absolute Gasteiger partial charge is 0.451 e. The maximum absolute atomic E-state index is 14.5. The third-order valence-corrected chi connectivity index (χ3v) is 10.7. The Morgan fingerprint density at radius 2 is 1.73 bits per heavy atom. The molecule has 13 nitrogen and oxygen atoms in total. The van der Waals surface area contributed by atoms with Crippen LogP contribution < -0.4 is 9.64 Å². The molecule has 7 rings (SSSR count). The summed E-state index contributed by atoms with van der Waals surface area (Å²) in [5, 5.41) is 4.27. The molecule has 4 saturated heterocycles. The normalized spacial score (nSPS) is 23.2. The van der Waals surface area contributed by atoms with Crippen molar-refractivity contribution >= 4 is 29.4 Å². The molecule has 1 aromatic heterocycles. The minimum Gasteiger partial charge on any atom is -0.451 e. The molecule has 1 spiro atoms. The Morgan fingerprint density at radius 3 is 2.37 bits per heavy atom. The molecular weight excluding hydrogens is 669 g/mol. The van der Waals surface area contributed by atoms with Crippen molar-refractivity contribution in [3.63, 3.8) is 0 Å². The van der Waals surface area contributed by atoms with Gasteiger partial charge in [0.15, 0.2) is 11.6 Å². The van der Waals surface area contributed by atoms with E-state index in [1.807, 2.05) is 53.4 Å². The average molecular weight is 722 g/mol. The Kier molecular flexibility index (Phi) is 10.4. The predicted octanol–water partition coefficient (Wildman–Crippen LogP) is 5.89. The number of halogens is 1. The lowest BCUT2D eigenvalue weighted by Crippen LogP contribution is -2.67.